The van der Waals surface area contributed by atoms with Crippen LogP contribution in [-0.4, -0.2) is 36.3 Å². The van der Waals surface area contributed by atoms with Gasteiger partial charge in [-0.15, -0.1) is 0 Å². The molecule has 0 bridgehead atoms. The molecular formula is C65H93ClN2O3S. The van der Waals surface area contributed by atoms with Crippen molar-refractivity contribution in [3.05, 3.63) is 161 Å². The Bertz CT molecular complexity index is 2350. The number of nitrogens with zero attached hydrogens (tertiary/aromatic N) is 2. The number of unbranched alkanes of at least 4 members (excludes halogenated alkanes) is 18. The summed E-state index contributed by atoms with van der Waals surface area (Å²) in [6, 6.07) is 23.3. The molecule has 394 valence electrons. The third kappa shape index (κ3) is 20.6. The molecule has 5 nitrogen and oxygen atoms in total. The zero-order valence-corrected chi connectivity index (χ0v) is 47.1. The number of hydrogen-bond donors (Lipinski definition) is 0. The number of anilines is 1. The Morgan fingerprint density at radius 1 is 0.556 bits per heavy atom. The molecule has 0 spiro atoms. The molecule has 3 aromatic rings. The number of fused-ring (bicyclic) bond motifs is 2. The monoisotopic (exact) mass is 1020 g/mol. The second kappa shape index (κ2) is 33.6. The number of hydrogen-bond acceptors (Lipinski definition) is 4. The fraction of sp³-hybridized carbons (Fsp3) is 0.523. The van der Waals surface area contributed by atoms with Crippen LogP contribution in [0.5, 0.6) is 0 Å². The van der Waals surface area contributed by atoms with Crippen molar-refractivity contribution in [1.29, 1.82) is 0 Å². The van der Waals surface area contributed by atoms with Crippen LogP contribution in [0, 0.1) is 0 Å². The van der Waals surface area contributed by atoms with Crippen LogP contribution in [0.3, 0.4) is 0 Å². The number of para-hydroxylation sites is 2. The molecule has 0 aliphatic carbocycles. The second-order valence-corrected chi connectivity index (χ2v) is 22.8. The Morgan fingerprint density at radius 3 is 1.57 bits per heavy atom. The van der Waals surface area contributed by atoms with E-state index in [0.29, 0.717) is 5.02 Å². The molecule has 7 heteroatoms. The first-order chi connectivity index (χ1) is 34.8. The summed E-state index contributed by atoms with van der Waals surface area (Å²) in [4.78, 5) is 2.38. The van der Waals surface area contributed by atoms with Gasteiger partial charge in [-0.3, -0.25) is 0 Å². The van der Waals surface area contributed by atoms with Crippen LogP contribution in [0.25, 0.3) is 0 Å². The highest BCUT2D eigenvalue weighted by molar-refractivity contribution is 7.85. The summed E-state index contributed by atoms with van der Waals surface area (Å²) in [6.07, 6.45) is 57.0. The lowest BCUT2D eigenvalue weighted by molar-refractivity contribution is -0.438. The van der Waals surface area contributed by atoms with Gasteiger partial charge in [0.05, 0.1) is 10.3 Å². The maximum Gasteiger partial charge on any atom is 0.209 e. The molecule has 0 saturated carbocycles. The first-order valence-electron chi connectivity index (χ1n) is 28.2. The van der Waals surface area contributed by atoms with E-state index in [-0.39, 0.29) is 15.7 Å². The number of benzene rings is 3. The summed E-state index contributed by atoms with van der Waals surface area (Å²) >= 11 is 5.46. The minimum atomic E-state index is -4.33. The summed E-state index contributed by atoms with van der Waals surface area (Å²) in [5.41, 5.74) is 8.50. The average molecular weight is 1020 g/mol. The summed E-state index contributed by atoms with van der Waals surface area (Å²) in [6.45, 7) is 16.4. The smallest absolute Gasteiger partial charge is 0.209 e. The third-order valence-electron chi connectivity index (χ3n) is 14.4. The van der Waals surface area contributed by atoms with E-state index < -0.39 is 10.1 Å². The molecule has 72 heavy (non-hydrogen) atoms. The molecule has 0 amide bonds. The van der Waals surface area contributed by atoms with Gasteiger partial charge in [0.2, 0.25) is 5.69 Å². The molecule has 0 fully saturated rings. The zero-order valence-electron chi connectivity index (χ0n) is 45.6. The predicted molar refractivity (Wildman–Crippen MR) is 311 cm³/mol. The van der Waals surface area contributed by atoms with Gasteiger partial charge in [-0.25, -0.2) is 8.42 Å². The Hall–Kier alpha value is -4.23. The van der Waals surface area contributed by atoms with Crippen LogP contribution in [0.1, 0.15) is 207 Å². The highest BCUT2D eigenvalue weighted by atomic mass is 35.5. The van der Waals surface area contributed by atoms with E-state index in [0.717, 1.165) is 25.9 Å². The molecule has 2 aliphatic heterocycles. The largest absolute Gasteiger partial charge is 0.744 e. The fourth-order valence-corrected chi connectivity index (χ4v) is 10.7. The molecule has 0 N–H and O–H groups in total. The van der Waals surface area contributed by atoms with Crippen molar-refractivity contribution >= 4 is 38.8 Å². The van der Waals surface area contributed by atoms with E-state index in [2.05, 4.69) is 166 Å². The summed E-state index contributed by atoms with van der Waals surface area (Å²) in [5, 5.41) is 0.400. The number of halogens is 1. The van der Waals surface area contributed by atoms with Gasteiger partial charge in [0.15, 0.2) is 5.71 Å². The van der Waals surface area contributed by atoms with Gasteiger partial charge < -0.3 is 9.45 Å². The Kier molecular flexibility index (Phi) is 28.1. The second-order valence-electron chi connectivity index (χ2n) is 21.0. The molecule has 5 rings (SSSR count). The lowest BCUT2D eigenvalue weighted by atomic mass is 9.81. The molecule has 0 saturated heterocycles. The quantitative estimate of drug-likeness (QED) is 0.0264. The Morgan fingerprint density at radius 2 is 1.03 bits per heavy atom. The maximum atomic E-state index is 10.3. The fourth-order valence-electron chi connectivity index (χ4n) is 10.1. The van der Waals surface area contributed by atoms with Crippen molar-refractivity contribution in [2.75, 3.05) is 18.0 Å². The maximum absolute atomic E-state index is 10.3. The van der Waals surface area contributed by atoms with E-state index in [9.17, 15) is 13.0 Å². The van der Waals surface area contributed by atoms with E-state index >= 15 is 0 Å². The van der Waals surface area contributed by atoms with Crippen LogP contribution in [-0.2, 0) is 20.9 Å². The predicted octanol–water partition coefficient (Wildman–Crippen LogP) is 19.2. The van der Waals surface area contributed by atoms with Crippen LogP contribution >= 0.6 is 11.6 Å². The minimum Gasteiger partial charge on any atom is -0.744 e. The highest BCUT2D eigenvalue weighted by Gasteiger charge is 2.44. The Labute approximate surface area is 444 Å². The van der Waals surface area contributed by atoms with Gasteiger partial charge in [0.25, 0.3) is 0 Å². The van der Waals surface area contributed by atoms with Crippen molar-refractivity contribution < 1.29 is 17.5 Å². The summed E-state index contributed by atoms with van der Waals surface area (Å²) in [7, 11) is -4.33. The molecule has 3 aromatic carbocycles. The van der Waals surface area contributed by atoms with Gasteiger partial charge >= 0.3 is 0 Å². The van der Waals surface area contributed by atoms with E-state index in [1.165, 1.54) is 199 Å². The molecule has 2 heterocycles. The standard InChI is InChI=1S/C59H89N2.C6H5ClO3S/c1-7-9-11-13-15-17-19-21-23-25-27-29-31-33-35-41-50-60-54-46-39-37-44-52(54)58(3,4)56(60)48-43-49-57-59(5,6)53-45-38-40-47-55(53)61(57)51-42-36-34-32-30-28-26-24-22-20-18-16-14-12-10-8-2;7-5-1-3-6(4-2-5)11(8,9)10/h15-18,21-24,37-40,43-49H,7-14,19-20,25-36,41-42,50-51H2,1-6H3;1-4H,(H,8,9,10)/q+1;/p-1/b17-15-,18-16-,23-21-,24-22-;. The average Bonchev–Trinajstić information content (AvgIpc) is 3.71. The van der Waals surface area contributed by atoms with Crippen LogP contribution in [0.2, 0.25) is 5.02 Å². The van der Waals surface area contributed by atoms with Crippen molar-refractivity contribution in [3.8, 4) is 0 Å². The van der Waals surface area contributed by atoms with Gasteiger partial charge in [0, 0.05) is 52.5 Å². The van der Waals surface area contributed by atoms with Crippen molar-refractivity contribution in [3.63, 3.8) is 0 Å². The molecule has 0 aromatic heterocycles. The van der Waals surface area contributed by atoms with Gasteiger partial charge in [-0.2, -0.15) is 4.58 Å². The van der Waals surface area contributed by atoms with Crippen molar-refractivity contribution in [2.45, 2.75) is 211 Å². The summed E-state index contributed by atoms with van der Waals surface area (Å²) < 4.78 is 33.7. The number of rotatable bonds is 33. The van der Waals surface area contributed by atoms with Crippen molar-refractivity contribution in [1.82, 2.24) is 0 Å². The first-order valence-corrected chi connectivity index (χ1v) is 29.9. The Balaban J connectivity index is 0.000000900. The van der Waals surface area contributed by atoms with Gasteiger partial charge in [-0.1, -0.05) is 201 Å². The molecule has 0 radical (unpaired) electrons. The minimum absolute atomic E-state index is 0.0288. The lowest BCUT2D eigenvalue weighted by Crippen LogP contribution is -2.28. The molecule has 0 unspecified atom stereocenters. The van der Waals surface area contributed by atoms with Gasteiger partial charge in [-0.05, 0) is 133 Å². The third-order valence-corrected chi connectivity index (χ3v) is 15.5. The van der Waals surface area contributed by atoms with Gasteiger partial charge in [0.1, 0.15) is 16.7 Å². The van der Waals surface area contributed by atoms with Crippen LogP contribution in [0.15, 0.2) is 150 Å². The van der Waals surface area contributed by atoms with E-state index in [1.807, 2.05) is 0 Å². The molecule has 0 atom stereocenters. The SMILES string of the molecule is CCCCC/C=C\C/C=C\CCCCCCCCN1/C(=C/C=C/C2=[N+](CCCCCCCC/C=C\C/C=C\CCCCC)c3ccccc3C2(C)C)C(C)(C)c2ccccc21.O=S(=O)([O-])c1ccc(Cl)cc1. The normalized spacial score (nSPS) is 15.8. The molecule has 2 aliphatic rings. The summed E-state index contributed by atoms with van der Waals surface area (Å²) in [5.74, 6) is 0. The lowest BCUT2D eigenvalue weighted by Gasteiger charge is -2.27. The first kappa shape index (κ1) is 60.3. The van der Waals surface area contributed by atoms with Crippen LogP contribution < -0.4 is 4.90 Å². The van der Waals surface area contributed by atoms with Crippen LogP contribution in [0.4, 0.5) is 11.4 Å². The number of allylic oxidation sites excluding steroid dienone is 12. The highest BCUT2D eigenvalue weighted by Crippen LogP contribution is 2.48. The topological polar surface area (TPSA) is 63.5 Å². The zero-order chi connectivity index (χ0) is 51.9. The molecular weight excluding hydrogens is 924 g/mol. The van der Waals surface area contributed by atoms with Crippen molar-refractivity contribution in [2.24, 2.45) is 0 Å². The van der Waals surface area contributed by atoms with E-state index in [4.69, 9.17) is 11.6 Å². The van der Waals surface area contributed by atoms with E-state index in [1.54, 1.807) is 0 Å².